The zero-order valence-corrected chi connectivity index (χ0v) is 12.8. The second-order valence-electron chi connectivity index (χ2n) is 7.35. The maximum absolute atomic E-state index is 12.4. The molecule has 110 valence electrons. The van der Waals surface area contributed by atoms with Gasteiger partial charge in [-0.3, -0.25) is 4.79 Å². The molecule has 2 aliphatic rings. The molecule has 0 aromatic carbocycles. The minimum absolute atomic E-state index is 0.00885. The third kappa shape index (κ3) is 3.95. The summed E-state index contributed by atoms with van der Waals surface area (Å²) in [6.45, 7) is 6.66. The van der Waals surface area contributed by atoms with E-state index < -0.39 is 0 Å². The van der Waals surface area contributed by atoms with Crippen LogP contribution >= 0.6 is 0 Å². The van der Waals surface area contributed by atoms with Gasteiger partial charge < -0.3 is 10.1 Å². The minimum atomic E-state index is -0.371. The number of carbonyl (C=O) groups is 1. The highest BCUT2D eigenvalue weighted by atomic mass is 16.6. The summed E-state index contributed by atoms with van der Waals surface area (Å²) in [4.78, 5) is 12.4. The lowest BCUT2D eigenvalue weighted by molar-refractivity contribution is -0.173. The largest absolute Gasteiger partial charge is 0.460 e. The van der Waals surface area contributed by atoms with E-state index in [1.54, 1.807) is 0 Å². The number of rotatable bonds is 4. The molecule has 3 nitrogen and oxygen atoms in total. The van der Waals surface area contributed by atoms with Crippen LogP contribution in [0.1, 0.15) is 72.1 Å². The van der Waals surface area contributed by atoms with Crippen molar-refractivity contribution in [1.82, 2.24) is 5.32 Å². The zero-order chi connectivity index (χ0) is 13.9. The molecular formula is C16H29NO2. The van der Waals surface area contributed by atoms with Crippen LogP contribution in [0.2, 0.25) is 0 Å². The fourth-order valence-electron chi connectivity index (χ4n) is 3.09. The van der Waals surface area contributed by atoms with Gasteiger partial charge in [-0.2, -0.15) is 0 Å². The van der Waals surface area contributed by atoms with Gasteiger partial charge in [0.25, 0.3) is 0 Å². The van der Waals surface area contributed by atoms with Gasteiger partial charge in [0.2, 0.25) is 0 Å². The predicted octanol–water partition coefficient (Wildman–Crippen LogP) is 3.42. The summed E-state index contributed by atoms with van der Waals surface area (Å²) in [6.07, 6.45) is 9.70. The summed E-state index contributed by atoms with van der Waals surface area (Å²) in [5, 5.41) is 3.63. The molecule has 2 aliphatic carbocycles. The first kappa shape index (κ1) is 14.8. The van der Waals surface area contributed by atoms with E-state index in [1.807, 2.05) is 20.8 Å². The van der Waals surface area contributed by atoms with E-state index in [0.29, 0.717) is 6.04 Å². The van der Waals surface area contributed by atoms with Crippen LogP contribution in [0.25, 0.3) is 0 Å². The van der Waals surface area contributed by atoms with Crippen LogP contribution in [0.15, 0.2) is 0 Å². The Morgan fingerprint density at radius 3 is 2.26 bits per heavy atom. The molecule has 0 saturated heterocycles. The van der Waals surface area contributed by atoms with Crippen LogP contribution in [-0.4, -0.2) is 24.2 Å². The van der Waals surface area contributed by atoms with Crippen LogP contribution in [0, 0.1) is 5.41 Å². The van der Waals surface area contributed by atoms with Gasteiger partial charge in [-0.25, -0.2) is 0 Å². The van der Waals surface area contributed by atoms with E-state index in [2.05, 4.69) is 5.32 Å². The van der Waals surface area contributed by atoms with Crippen LogP contribution in [0.3, 0.4) is 0 Å². The Labute approximate surface area is 117 Å². The molecule has 0 bridgehead atoms. The summed E-state index contributed by atoms with van der Waals surface area (Å²) >= 11 is 0. The van der Waals surface area contributed by atoms with Gasteiger partial charge in [0.05, 0.1) is 5.41 Å². The first-order valence-electron chi connectivity index (χ1n) is 7.88. The molecule has 0 aliphatic heterocycles. The van der Waals surface area contributed by atoms with Gasteiger partial charge in [0.1, 0.15) is 5.60 Å². The number of hydrogen-bond donors (Lipinski definition) is 1. The minimum Gasteiger partial charge on any atom is -0.460 e. The van der Waals surface area contributed by atoms with Crippen LogP contribution in [0.5, 0.6) is 0 Å². The maximum Gasteiger partial charge on any atom is 0.313 e. The molecule has 3 heteroatoms. The Bertz CT molecular complexity index is 309. The van der Waals surface area contributed by atoms with Crippen molar-refractivity contribution in [2.75, 3.05) is 6.54 Å². The summed E-state index contributed by atoms with van der Waals surface area (Å²) < 4.78 is 5.61. The van der Waals surface area contributed by atoms with E-state index in [0.717, 1.165) is 25.8 Å². The Morgan fingerprint density at radius 1 is 1.16 bits per heavy atom. The van der Waals surface area contributed by atoms with E-state index in [4.69, 9.17) is 4.74 Å². The van der Waals surface area contributed by atoms with Crippen LogP contribution in [0.4, 0.5) is 0 Å². The van der Waals surface area contributed by atoms with E-state index in [-0.39, 0.29) is 17.0 Å². The lowest BCUT2D eigenvalue weighted by atomic mass is 9.68. The maximum atomic E-state index is 12.4. The lowest BCUT2D eigenvalue weighted by Gasteiger charge is -2.42. The van der Waals surface area contributed by atoms with E-state index >= 15 is 0 Å². The standard InChI is InChI=1S/C16H29NO2/c1-15(2,3)19-14(18)16(10-7-11-16)12-17-13-8-5-4-6-9-13/h13,17H,4-12H2,1-3H3. The second kappa shape index (κ2) is 5.82. The van der Waals surface area contributed by atoms with Crippen LogP contribution in [-0.2, 0) is 9.53 Å². The summed E-state index contributed by atoms with van der Waals surface area (Å²) in [5.74, 6) is 0.00885. The third-order valence-corrected chi connectivity index (χ3v) is 4.48. The van der Waals surface area contributed by atoms with Crippen molar-refractivity contribution in [3.8, 4) is 0 Å². The lowest BCUT2D eigenvalue weighted by Crippen LogP contribution is -2.51. The molecule has 0 spiro atoms. The Morgan fingerprint density at radius 2 is 1.79 bits per heavy atom. The molecule has 0 aromatic rings. The zero-order valence-electron chi connectivity index (χ0n) is 12.8. The number of carbonyl (C=O) groups excluding carboxylic acids is 1. The SMILES string of the molecule is CC(C)(C)OC(=O)C1(CNC2CCCCC2)CCC1. The average molecular weight is 267 g/mol. The molecule has 0 atom stereocenters. The Balaban J connectivity index is 1.85. The van der Waals surface area contributed by atoms with Gasteiger partial charge >= 0.3 is 5.97 Å². The molecule has 2 rings (SSSR count). The van der Waals surface area contributed by atoms with Crippen molar-refractivity contribution in [2.45, 2.75) is 83.8 Å². The molecule has 1 N–H and O–H groups in total. The molecular weight excluding hydrogens is 238 g/mol. The molecule has 0 unspecified atom stereocenters. The highest BCUT2D eigenvalue weighted by Crippen LogP contribution is 2.42. The van der Waals surface area contributed by atoms with Crippen LogP contribution < -0.4 is 5.32 Å². The van der Waals surface area contributed by atoms with Crippen molar-refractivity contribution in [3.63, 3.8) is 0 Å². The monoisotopic (exact) mass is 267 g/mol. The van der Waals surface area contributed by atoms with E-state index in [9.17, 15) is 4.79 Å². The number of ether oxygens (including phenoxy) is 1. The van der Waals surface area contributed by atoms with Gasteiger partial charge in [-0.05, 0) is 46.5 Å². The van der Waals surface area contributed by atoms with E-state index in [1.165, 1.54) is 32.1 Å². The highest BCUT2D eigenvalue weighted by Gasteiger charge is 2.46. The first-order valence-corrected chi connectivity index (χ1v) is 7.88. The Hall–Kier alpha value is -0.570. The quantitative estimate of drug-likeness (QED) is 0.793. The molecule has 2 saturated carbocycles. The topological polar surface area (TPSA) is 38.3 Å². The normalized spacial score (nSPS) is 23.7. The van der Waals surface area contributed by atoms with Crippen molar-refractivity contribution in [2.24, 2.45) is 5.41 Å². The van der Waals surface area contributed by atoms with Gasteiger partial charge in [-0.1, -0.05) is 25.7 Å². The molecule has 19 heavy (non-hydrogen) atoms. The molecule has 0 radical (unpaired) electrons. The summed E-state index contributed by atoms with van der Waals surface area (Å²) in [6, 6.07) is 0.619. The molecule has 0 amide bonds. The Kier molecular flexibility index (Phi) is 4.54. The van der Waals surface area contributed by atoms with Crippen molar-refractivity contribution in [1.29, 1.82) is 0 Å². The smallest absolute Gasteiger partial charge is 0.313 e. The molecule has 0 heterocycles. The molecule has 2 fully saturated rings. The first-order chi connectivity index (χ1) is 8.91. The second-order valence-corrected chi connectivity index (χ2v) is 7.35. The van der Waals surface area contributed by atoms with Crippen molar-refractivity contribution in [3.05, 3.63) is 0 Å². The number of esters is 1. The fraction of sp³-hybridized carbons (Fsp3) is 0.938. The summed E-state index contributed by atoms with van der Waals surface area (Å²) in [5.41, 5.74) is -0.602. The number of hydrogen-bond acceptors (Lipinski definition) is 3. The summed E-state index contributed by atoms with van der Waals surface area (Å²) in [7, 11) is 0. The average Bonchev–Trinajstić information content (AvgIpc) is 2.26. The van der Waals surface area contributed by atoms with Crippen molar-refractivity contribution >= 4 is 5.97 Å². The molecule has 0 aromatic heterocycles. The third-order valence-electron chi connectivity index (χ3n) is 4.48. The fourth-order valence-corrected chi connectivity index (χ4v) is 3.09. The van der Waals surface area contributed by atoms with Gasteiger partial charge in [-0.15, -0.1) is 0 Å². The predicted molar refractivity (Wildman–Crippen MR) is 77.0 cm³/mol. The number of nitrogens with one attached hydrogen (secondary N) is 1. The highest BCUT2D eigenvalue weighted by molar-refractivity contribution is 5.78. The van der Waals surface area contributed by atoms with Gasteiger partial charge in [0, 0.05) is 12.6 Å². The van der Waals surface area contributed by atoms with Crippen molar-refractivity contribution < 1.29 is 9.53 Å². The van der Waals surface area contributed by atoms with Gasteiger partial charge in [0.15, 0.2) is 0 Å².